The van der Waals surface area contributed by atoms with Gasteiger partial charge in [-0.2, -0.15) is 0 Å². The number of esters is 1. The zero-order valence-corrected chi connectivity index (χ0v) is 9.19. The van der Waals surface area contributed by atoms with Crippen LogP contribution in [0, 0.1) is 0 Å². The fourth-order valence-corrected chi connectivity index (χ4v) is 1.15. The second-order valence-electron chi connectivity index (χ2n) is 3.54. The van der Waals surface area contributed by atoms with Gasteiger partial charge >= 0.3 is 5.97 Å². The fraction of sp³-hybridized carbons (Fsp3) is 0.417. The van der Waals surface area contributed by atoms with E-state index in [0.29, 0.717) is 13.0 Å². The quantitative estimate of drug-likeness (QED) is 0.747. The Labute approximate surface area is 90.4 Å². The summed E-state index contributed by atoms with van der Waals surface area (Å²) in [4.78, 5) is 11.3. The first-order chi connectivity index (χ1) is 7.22. The maximum Gasteiger partial charge on any atom is 0.307 e. The summed E-state index contributed by atoms with van der Waals surface area (Å²) in [6.45, 7) is 2.31. The molecular weight excluding hydrogens is 190 g/mol. The molecule has 1 rings (SSSR count). The predicted molar refractivity (Wildman–Crippen MR) is 59.4 cm³/mol. The Balaban J connectivity index is 2.29. The molecule has 0 aliphatic rings. The molecule has 3 nitrogen and oxygen atoms in total. The molecule has 1 aromatic carbocycles. The van der Waals surface area contributed by atoms with Crippen LogP contribution < -0.4 is 5.32 Å². The van der Waals surface area contributed by atoms with Gasteiger partial charge in [0, 0.05) is 6.04 Å². The Hall–Kier alpha value is -1.35. The van der Waals surface area contributed by atoms with Crippen LogP contribution in [0.25, 0.3) is 0 Å². The van der Waals surface area contributed by atoms with Crippen molar-refractivity contribution in [2.45, 2.75) is 26.0 Å². The standard InChI is InChI=1S/C12H17NO2/c1-10(13-2)8-12(14)15-9-11-6-4-3-5-7-11/h3-7,10,13H,8-9H2,1-2H3/t10-/m1/s1. The number of carbonyl (C=O) groups is 1. The number of ether oxygens (including phenoxy) is 1. The lowest BCUT2D eigenvalue weighted by atomic mass is 10.2. The van der Waals surface area contributed by atoms with E-state index in [0.717, 1.165) is 5.56 Å². The van der Waals surface area contributed by atoms with E-state index < -0.39 is 0 Å². The van der Waals surface area contributed by atoms with E-state index >= 15 is 0 Å². The molecule has 3 heteroatoms. The molecule has 82 valence electrons. The van der Waals surface area contributed by atoms with Crippen LogP contribution in [0.4, 0.5) is 0 Å². The van der Waals surface area contributed by atoms with Gasteiger partial charge in [0.15, 0.2) is 0 Å². The third kappa shape index (κ3) is 4.61. The lowest BCUT2D eigenvalue weighted by Gasteiger charge is -2.09. The molecule has 0 saturated heterocycles. The summed E-state index contributed by atoms with van der Waals surface area (Å²) in [6, 6.07) is 9.84. The number of rotatable bonds is 5. The Morgan fingerprint density at radius 1 is 1.40 bits per heavy atom. The van der Waals surface area contributed by atoms with Gasteiger partial charge < -0.3 is 10.1 Å². The van der Waals surface area contributed by atoms with E-state index in [1.165, 1.54) is 0 Å². The largest absolute Gasteiger partial charge is 0.461 e. The zero-order chi connectivity index (χ0) is 11.1. The van der Waals surface area contributed by atoms with Crippen LogP contribution >= 0.6 is 0 Å². The number of hydrogen-bond donors (Lipinski definition) is 1. The third-order valence-electron chi connectivity index (χ3n) is 2.21. The van der Waals surface area contributed by atoms with Gasteiger partial charge in [-0.15, -0.1) is 0 Å². The molecule has 1 aromatic rings. The van der Waals surface area contributed by atoms with Crippen molar-refractivity contribution in [2.75, 3.05) is 7.05 Å². The highest BCUT2D eigenvalue weighted by Gasteiger charge is 2.07. The Morgan fingerprint density at radius 2 is 2.07 bits per heavy atom. The minimum absolute atomic E-state index is 0.160. The molecule has 0 unspecified atom stereocenters. The van der Waals surface area contributed by atoms with Crippen LogP contribution in [0.1, 0.15) is 18.9 Å². The first-order valence-electron chi connectivity index (χ1n) is 5.09. The van der Waals surface area contributed by atoms with Crippen LogP contribution in [0.2, 0.25) is 0 Å². The predicted octanol–water partition coefficient (Wildman–Crippen LogP) is 1.73. The van der Waals surface area contributed by atoms with Crippen molar-refractivity contribution in [1.29, 1.82) is 0 Å². The van der Waals surface area contributed by atoms with Gasteiger partial charge in [-0.3, -0.25) is 4.79 Å². The molecule has 0 amide bonds. The zero-order valence-electron chi connectivity index (χ0n) is 9.19. The van der Waals surface area contributed by atoms with Crippen LogP contribution in [0.15, 0.2) is 30.3 Å². The van der Waals surface area contributed by atoms with Gasteiger partial charge in [0.05, 0.1) is 6.42 Å². The van der Waals surface area contributed by atoms with Crippen molar-refractivity contribution in [3.63, 3.8) is 0 Å². The van der Waals surface area contributed by atoms with Crippen LogP contribution in [-0.4, -0.2) is 19.1 Å². The highest BCUT2D eigenvalue weighted by atomic mass is 16.5. The number of carbonyl (C=O) groups excluding carboxylic acids is 1. The molecule has 0 aliphatic heterocycles. The average Bonchev–Trinajstić information content (AvgIpc) is 2.27. The van der Waals surface area contributed by atoms with E-state index in [9.17, 15) is 4.79 Å². The third-order valence-corrected chi connectivity index (χ3v) is 2.21. The van der Waals surface area contributed by atoms with Gasteiger partial charge in [0.1, 0.15) is 6.61 Å². The van der Waals surface area contributed by atoms with Crippen LogP contribution in [0.3, 0.4) is 0 Å². The Morgan fingerprint density at radius 3 is 2.67 bits per heavy atom. The van der Waals surface area contributed by atoms with Crippen molar-refractivity contribution >= 4 is 5.97 Å². The summed E-state index contributed by atoms with van der Waals surface area (Å²) in [6.07, 6.45) is 0.406. The summed E-state index contributed by atoms with van der Waals surface area (Å²) in [5.41, 5.74) is 1.02. The fourth-order valence-electron chi connectivity index (χ4n) is 1.15. The number of hydrogen-bond acceptors (Lipinski definition) is 3. The molecule has 0 aliphatic carbocycles. The van der Waals surface area contributed by atoms with E-state index in [2.05, 4.69) is 5.32 Å². The van der Waals surface area contributed by atoms with E-state index in [4.69, 9.17) is 4.74 Å². The smallest absolute Gasteiger partial charge is 0.307 e. The minimum Gasteiger partial charge on any atom is -0.461 e. The van der Waals surface area contributed by atoms with Gasteiger partial charge in [-0.25, -0.2) is 0 Å². The molecule has 0 fully saturated rings. The molecule has 0 aromatic heterocycles. The lowest BCUT2D eigenvalue weighted by molar-refractivity contribution is -0.145. The van der Waals surface area contributed by atoms with E-state index in [1.54, 1.807) is 0 Å². The summed E-state index contributed by atoms with van der Waals surface area (Å²) >= 11 is 0. The molecule has 0 heterocycles. The van der Waals surface area contributed by atoms with Crippen molar-refractivity contribution in [1.82, 2.24) is 5.32 Å². The summed E-state index contributed by atoms with van der Waals surface area (Å²) < 4.78 is 5.12. The maximum absolute atomic E-state index is 11.3. The van der Waals surface area contributed by atoms with Crippen LogP contribution in [-0.2, 0) is 16.1 Å². The van der Waals surface area contributed by atoms with Crippen molar-refractivity contribution in [2.24, 2.45) is 0 Å². The molecule has 1 N–H and O–H groups in total. The average molecular weight is 207 g/mol. The number of benzene rings is 1. The monoisotopic (exact) mass is 207 g/mol. The van der Waals surface area contributed by atoms with E-state index in [1.807, 2.05) is 44.3 Å². The second-order valence-corrected chi connectivity index (χ2v) is 3.54. The highest BCUT2D eigenvalue weighted by Crippen LogP contribution is 2.02. The molecule has 0 saturated carbocycles. The Bertz CT molecular complexity index is 298. The van der Waals surface area contributed by atoms with Gasteiger partial charge in [0.25, 0.3) is 0 Å². The molecular formula is C12H17NO2. The summed E-state index contributed by atoms with van der Waals surface area (Å²) in [5.74, 6) is -0.166. The summed E-state index contributed by atoms with van der Waals surface area (Å²) in [7, 11) is 1.83. The minimum atomic E-state index is -0.166. The highest BCUT2D eigenvalue weighted by molar-refractivity contribution is 5.70. The topological polar surface area (TPSA) is 38.3 Å². The van der Waals surface area contributed by atoms with Gasteiger partial charge in [-0.05, 0) is 19.5 Å². The second kappa shape index (κ2) is 6.19. The van der Waals surface area contributed by atoms with Gasteiger partial charge in [0.2, 0.25) is 0 Å². The molecule has 1 atom stereocenters. The first-order valence-corrected chi connectivity index (χ1v) is 5.09. The molecule has 0 bridgehead atoms. The van der Waals surface area contributed by atoms with Crippen LogP contribution in [0.5, 0.6) is 0 Å². The van der Waals surface area contributed by atoms with Crippen molar-refractivity contribution < 1.29 is 9.53 Å². The lowest BCUT2D eigenvalue weighted by Crippen LogP contribution is -2.25. The summed E-state index contributed by atoms with van der Waals surface area (Å²) in [5, 5.41) is 2.99. The Kier molecular flexibility index (Phi) is 4.84. The van der Waals surface area contributed by atoms with E-state index in [-0.39, 0.29) is 12.0 Å². The van der Waals surface area contributed by atoms with Crippen molar-refractivity contribution in [3.05, 3.63) is 35.9 Å². The van der Waals surface area contributed by atoms with Crippen molar-refractivity contribution in [3.8, 4) is 0 Å². The SMILES string of the molecule is CN[C@H](C)CC(=O)OCc1ccccc1. The number of nitrogens with one attached hydrogen (secondary N) is 1. The molecule has 0 radical (unpaired) electrons. The molecule has 15 heavy (non-hydrogen) atoms. The molecule has 0 spiro atoms. The van der Waals surface area contributed by atoms with Gasteiger partial charge in [-0.1, -0.05) is 30.3 Å². The normalized spacial score (nSPS) is 12.1. The maximum atomic E-state index is 11.3. The first kappa shape index (κ1) is 11.7.